The standard InChI is InChI=1S/C16H21NS/c1-3-5-9-14(17-11-4-2)16-12-13-8-6-7-10-15(13)18-16/h1,6-8,10,14,16-17H,4-5,9,11-12H2,2H3. The number of hydrogen-bond donors (Lipinski definition) is 1. The van der Waals surface area contributed by atoms with E-state index in [2.05, 4.69) is 42.4 Å². The van der Waals surface area contributed by atoms with Crippen molar-refractivity contribution in [1.82, 2.24) is 5.32 Å². The summed E-state index contributed by atoms with van der Waals surface area (Å²) >= 11 is 2.01. The van der Waals surface area contributed by atoms with Crippen molar-refractivity contribution in [2.75, 3.05) is 6.54 Å². The molecular weight excluding hydrogens is 238 g/mol. The molecule has 0 radical (unpaired) electrons. The van der Waals surface area contributed by atoms with Gasteiger partial charge in [-0.05, 0) is 37.4 Å². The first kappa shape index (κ1) is 13.5. The van der Waals surface area contributed by atoms with E-state index in [4.69, 9.17) is 6.42 Å². The topological polar surface area (TPSA) is 12.0 Å². The Morgan fingerprint density at radius 1 is 1.50 bits per heavy atom. The van der Waals surface area contributed by atoms with Gasteiger partial charge in [-0.15, -0.1) is 24.1 Å². The first-order valence-corrected chi connectivity index (χ1v) is 7.64. The van der Waals surface area contributed by atoms with Crippen molar-refractivity contribution >= 4 is 11.8 Å². The van der Waals surface area contributed by atoms with E-state index in [0.717, 1.165) is 19.4 Å². The van der Waals surface area contributed by atoms with Crippen LogP contribution in [0.25, 0.3) is 0 Å². The molecule has 0 amide bonds. The van der Waals surface area contributed by atoms with E-state index in [1.54, 1.807) is 0 Å². The van der Waals surface area contributed by atoms with Crippen LogP contribution >= 0.6 is 11.8 Å². The van der Waals surface area contributed by atoms with Gasteiger partial charge in [-0.2, -0.15) is 0 Å². The summed E-state index contributed by atoms with van der Waals surface area (Å²) in [5.41, 5.74) is 1.50. The SMILES string of the molecule is C#CCCC(NCCC)C1Cc2ccccc2S1. The van der Waals surface area contributed by atoms with Gasteiger partial charge in [0.2, 0.25) is 0 Å². The van der Waals surface area contributed by atoms with Crippen LogP contribution < -0.4 is 5.32 Å². The number of benzene rings is 1. The molecule has 1 aliphatic heterocycles. The molecule has 1 aliphatic rings. The van der Waals surface area contributed by atoms with Gasteiger partial charge in [0.05, 0.1) is 0 Å². The Morgan fingerprint density at radius 2 is 2.33 bits per heavy atom. The van der Waals surface area contributed by atoms with E-state index >= 15 is 0 Å². The minimum absolute atomic E-state index is 0.540. The molecular formula is C16H21NS. The molecule has 2 heteroatoms. The number of hydrogen-bond acceptors (Lipinski definition) is 2. The summed E-state index contributed by atoms with van der Waals surface area (Å²) in [7, 11) is 0. The highest BCUT2D eigenvalue weighted by molar-refractivity contribution is 8.00. The molecule has 2 unspecified atom stereocenters. The fraction of sp³-hybridized carbons (Fsp3) is 0.500. The maximum absolute atomic E-state index is 5.40. The molecule has 0 saturated carbocycles. The zero-order valence-corrected chi connectivity index (χ0v) is 11.8. The Bertz CT molecular complexity index is 396. The molecule has 1 aromatic rings. The van der Waals surface area contributed by atoms with E-state index in [0.29, 0.717) is 11.3 Å². The van der Waals surface area contributed by atoms with Crippen molar-refractivity contribution in [2.45, 2.75) is 48.8 Å². The van der Waals surface area contributed by atoms with Gasteiger partial charge in [0.1, 0.15) is 0 Å². The smallest absolute Gasteiger partial charge is 0.0289 e. The van der Waals surface area contributed by atoms with Gasteiger partial charge >= 0.3 is 0 Å². The number of terminal acetylenes is 1. The summed E-state index contributed by atoms with van der Waals surface area (Å²) in [6.45, 7) is 3.30. The lowest BCUT2D eigenvalue weighted by atomic mass is 10.0. The molecule has 1 aromatic carbocycles. The fourth-order valence-electron chi connectivity index (χ4n) is 2.42. The van der Waals surface area contributed by atoms with Crippen molar-refractivity contribution in [3.8, 4) is 12.3 Å². The van der Waals surface area contributed by atoms with Crippen LogP contribution in [0.1, 0.15) is 31.7 Å². The summed E-state index contributed by atoms with van der Waals surface area (Å²) in [5, 5.41) is 4.31. The first-order valence-electron chi connectivity index (χ1n) is 6.76. The summed E-state index contributed by atoms with van der Waals surface area (Å²) in [4.78, 5) is 1.45. The molecule has 2 rings (SSSR count). The Hall–Kier alpha value is -0.910. The van der Waals surface area contributed by atoms with Crippen molar-refractivity contribution < 1.29 is 0 Å². The third-order valence-corrected chi connectivity index (χ3v) is 4.83. The first-order chi connectivity index (χ1) is 8.85. The Balaban J connectivity index is 1.98. The molecule has 0 saturated heterocycles. The molecule has 0 bridgehead atoms. The van der Waals surface area contributed by atoms with Crippen LogP contribution in [-0.2, 0) is 6.42 Å². The fourth-order valence-corrected chi connectivity index (χ4v) is 3.87. The lowest BCUT2D eigenvalue weighted by molar-refractivity contribution is 0.471. The van der Waals surface area contributed by atoms with Gasteiger partial charge in [0.15, 0.2) is 0 Å². The normalized spacial score (nSPS) is 19.2. The molecule has 0 aromatic heterocycles. The zero-order valence-electron chi connectivity index (χ0n) is 11.0. The Labute approximate surface area is 115 Å². The summed E-state index contributed by atoms with van der Waals surface area (Å²) in [6.07, 6.45) is 9.71. The monoisotopic (exact) mass is 259 g/mol. The second-order valence-electron chi connectivity index (χ2n) is 4.77. The van der Waals surface area contributed by atoms with Gasteiger partial charge in [0.25, 0.3) is 0 Å². The minimum atomic E-state index is 0.540. The summed E-state index contributed by atoms with van der Waals surface area (Å²) < 4.78 is 0. The molecule has 18 heavy (non-hydrogen) atoms. The summed E-state index contributed by atoms with van der Waals surface area (Å²) in [5.74, 6) is 2.77. The third kappa shape index (κ3) is 3.31. The quantitative estimate of drug-likeness (QED) is 0.785. The van der Waals surface area contributed by atoms with E-state index < -0.39 is 0 Å². The van der Waals surface area contributed by atoms with Crippen molar-refractivity contribution in [2.24, 2.45) is 0 Å². The van der Waals surface area contributed by atoms with Crippen LogP contribution in [-0.4, -0.2) is 17.8 Å². The average molecular weight is 259 g/mol. The van der Waals surface area contributed by atoms with Gasteiger partial charge in [-0.25, -0.2) is 0 Å². The van der Waals surface area contributed by atoms with E-state index in [1.165, 1.54) is 23.3 Å². The molecule has 96 valence electrons. The number of fused-ring (bicyclic) bond motifs is 1. The van der Waals surface area contributed by atoms with Gasteiger partial charge in [-0.1, -0.05) is 25.1 Å². The summed E-state index contributed by atoms with van der Waals surface area (Å²) in [6, 6.07) is 9.29. The lowest BCUT2D eigenvalue weighted by Crippen LogP contribution is -2.38. The predicted molar refractivity (Wildman–Crippen MR) is 79.9 cm³/mol. The van der Waals surface area contributed by atoms with Crippen molar-refractivity contribution in [3.63, 3.8) is 0 Å². The van der Waals surface area contributed by atoms with Crippen LogP contribution in [0.3, 0.4) is 0 Å². The number of rotatable bonds is 6. The minimum Gasteiger partial charge on any atom is -0.313 e. The van der Waals surface area contributed by atoms with Crippen LogP contribution in [0.2, 0.25) is 0 Å². The van der Waals surface area contributed by atoms with Crippen LogP contribution in [0.15, 0.2) is 29.2 Å². The molecule has 1 N–H and O–H groups in total. The highest BCUT2D eigenvalue weighted by Gasteiger charge is 2.28. The Kier molecular flexibility index (Phi) is 5.16. The highest BCUT2D eigenvalue weighted by Crippen LogP contribution is 2.39. The predicted octanol–water partition coefficient (Wildman–Crippen LogP) is 3.49. The lowest BCUT2D eigenvalue weighted by Gasteiger charge is -2.23. The van der Waals surface area contributed by atoms with Gasteiger partial charge in [-0.3, -0.25) is 0 Å². The van der Waals surface area contributed by atoms with E-state index in [9.17, 15) is 0 Å². The maximum atomic E-state index is 5.40. The molecule has 0 fully saturated rings. The van der Waals surface area contributed by atoms with Crippen LogP contribution in [0, 0.1) is 12.3 Å². The number of nitrogens with one attached hydrogen (secondary N) is 1. The van der Waals surface area contributed by atoms with Crippen LogP contribution in [0.5, 0.6) is 0 Å². The second-order valence-corrected chi connectivity index (χ2v) is 6.05. The highest BCUT2D eigenvalue weighted by atomic mass is 32.2. The molecule has 2 atom stereocenters. The molecule has 0 aliphatic carbocycles. The number of thioether (sulfide) groups is 1. The zero-order chi connectivity index (χ0) is 12.8. The van der Waals surface area contributed by atoms with Gasteiger partial charge < -0.3 is 5.32 Å². The van der Waals surface area contributed by atoms with E-state index in [-0.39, 0.29) is 0 Å². The molecule has 0 spiro atoms. The molecule has 1 nitrogen and oxygen atoms in total. The Morgan fingerprint density at radius 3 is 3.06 bits per heavy atom. The van der Waals surface area contributed by atoms with Crippen LogP contribution in [0.4, 0.5) is 0 Å². The molecule has 1 heterocycles. The van der Waals surface area contributed by atoms with Crippen molar-refractivity contribution in [3.05, 3.63) is 29.8 Å². The maximum Gasteiger partial charge on any atom is 0.0289 e. The van der Waals surface area contributed by atoms with Crippen molar-refractivity contribution in [1.29, 1.82) is 0 Å². The largest absolute Gasteiger partial charge is 0.313 e. The van der Waals surface area contributed by atoms with Gasteiger partial charge in [0, 0.05) is 22.6 Å². The van der Waals surface area contributed by atoms with E-state index in [1.807, 2.05) is 11.8 Å². The average Bonchev–Trinajstić information content (AvgIpc) is 2.82. The third-order valence-electron chi connectivity index (χ3n) is 3.38. The second kappa shape index (κ2) is 6.87.